The van der Waals surface area contributed by atoms with Gasteiger partial charge in [-0.3, -0.25) is 14.9 Å². The molecule has 1 aliphatic heterocycles. The van der Waals surface area contributed by atoms with Gasteiger partial charge in [0.1, 0.15) is 0 Å². The molecule has 1 saturated heterocycles. The van der Waals surface area contributed by atoms with Crippen molar-refractivity contribution < 1.29 is 18.8 Å². The van der Waals surface area contributed by atoms with E-state index in [0.29, 0.717) is 13.2 Å². The first kappa shape index (κ1) is 14.4. The molecule has 108 valence electrons. The molecule has 2 N–H and O–H groups in total. The summed E-state index contributed by atoms with van der Waals surface area (Å²) in [6.07, 6.45) is -0.0859. The van der Waals surface area contributed by atoms with E-state index >= 15 is 0 Å². The molecule has 1 aromatic rings. The van der Waals surface area contributed by atoms with Crippen LogP contribution in [0.5, 0.6) is 0 Å². The zero-order valence-corrected chi connectivity index (χ0v) is 10.6. The third kappa shape index (κ3) is 3.72. The normalized spacial score (nSPS) is 18.6. The number of nitro groups is 1. The summed E-state index contributed by atoms with van der Waals surface area (Å²) in [5.41, 5.74) is -0.481. The molecule has 20 heavy (non-hydrogen) atoms. The van der Waals surface area contributed by atoms with E-state index in [1.807, 2.05) is 0 Å². The van der Waals surface area contributed by atoms with Crippen LogP contribution in [0.2, 0.25) is 0 Å². The Hall–Kier alpha value is -2.06. The van der Waals surface area contributed by atoms with Gasteiger partial charge in [0.25, 0.3) is 0 Å². The van der Waals surface area contributed by atoms with Gasteiger partial charge in [0, 0.05) is 24.8 Å². The first-order valence-electron chi connectivity index (χ1n) is 6.12. The number of anilines is 1. The van der Waals surface area contributed by atoms with Crippen molar-refractivity contribution in [3.8, 4) is 0 Å². The second-order valence-corrected chi connectivity index (χ2v) is 4.37. The summed E-state index contributed by atoms with van der Waals surface area (Å²) in [7, 11) is 0. The minimum atomic E-state index is -0.937. The molecule has 1 atom stereocenters. The van der Waals surface area contributed by atoms with Crippen LogP contribution in [0.1, 0.15) is 6.42 Å². The number of nitro benzene ring substituents is 1. The fourth-order valence-corrected chi connectivity index (χ4v) is 1.90. The summed E-state index contributed by atoms with van der Waals surface area (Å²) < 4.78 is 18.5. The molecule has 1 amide bonds. The molecule has 0 aliphatic carbocycles. The Labute approximate surface area is 114 Å². The summed E-state index contributed by atoms with van der Waals surface area (Å²) in [6, 6.07) is 3.22. The molecule has 1 unspecified atom stereocenters. The van der Waals surface area contributed by atoms with Gasteiger partial charge in [-0.05, 0) is 12.1 Å². The van der Waals surface area contributed by atoms with Crippen LogP contribution in [0.25, 0.3) is 0 Å². The monoisotopic (exact) mass is 283 g/mol. The Balaban J connectivity index is 1.96. The smallest absolute Gasteiger partial charge is 0.306 e. The third-order valence-corrected chi connectivity index (χ3v) is 2.84. The predicted molar refractivity (Wildman–Crippen MR) is 68.9 cm³/mol. The van der Waals surface area contributed by atoms with Crippen LogP contribution < -0.4 is 10.6 Å². The van der Waals surface area contributed by atoms with Crippen molar-refractivity contribution in [1.82, 2.24) is 5.32 Å². The molecule has 0 spiro atoms. The topological polar surface area (TPSA) is 93.5 Å². The molecule has 1 aliphatic rings. The van der Waals surface area contributed by atoms with Crippen molar-refractivity contribution >= 4 is 17.3 Å². The van der Waals surface area contributed by atoms with Crippen molar-refractivity contribution in [3.05, 3.63) is 34.1 Å². The Kier molecular flexibility index (Phi) is 4.59. The Morgan fingerprint density at radius 3 is 3.05 bits per heavy atom. The summed E-state index contributed by atoms with van der Waals surface area (Å²) in [5, 5.41) is 16.2. The van der Waals surface area contributed by atoms with E-state index in [1.165, 1.54) is 6.07 Å². The van der Waals surface area contributed by atoms with Crippen LogP contribution >= 0.6 is 0 Å². The van der Waals surface area contributed by atoms with Crippen LogP contribution in [0, 0.1) is 15.9 Å². The number of nitrogens with one attached hydrogen (secondary N) is 2. The van der Waals surface area contributed by atoms with Crippen LogP contribution in [0.3, 0.4) is 0 Å². The van der Waals surface area contributed by atoms with Crippen LogP contribution in [0.15, 0.2) is 18.2 Å². The Bertz CT molecular complexity index is 517. The molecule has 7 nitrogen and oxygen atoms in total. The quantitative estimate of drug-likeness (QED) is 0.636. The number of nitrogens with zero attached hydrogens (tertiary/aromatic N) is 1. The maximum atomic E-state index is 13.1. The fraction of sp³-hybridized carbons (Fsp3) is 0.417. The van der Waals surface area contributed by atoms with Gasteiger partial charge in [0.15, 0.2) is 0 Å². The van der Waals surface area contributed by atoms with Gasteiger partial charge < -0.3 is 15.4 Å². The number of amides is 1. The highest BCUT2D eigenvalue weighted by Crippen LogP contribution is 2.21. The zero-order chi connectivity index (χ0) is 14.5. The van der Waals surface area contributed by atoms with Gasteiger partial charge in [0.2, 0.25) is 11.7 Å². The van der Waals surface area contributed by atoms with Gasteiger partial charge in [-0.2, -0.15) is 4.39 Å². The van der Waals surface area contributed by atoms with Crippen molar-refractivity contribution in [2.45, 2.75) is 12.5 Å². The molecule has 1 heterocycles. The van der Waals surface area contributed by atoms with Gasteiger partial charge in [-0.15, -0.1) is 0 Å². The maximum Gasteiger partial charge on any atom is 0.306 e. The highest BCUT2D eigenvalue weighted by molar-refractivity contribution is 5.91. The largest absolute Gasteiger partial charge is 0.375 e. The average Bonchev–Trinajstić information content (AvgIpc) is 2.41. The first-order valence-corrected chi connectivity index (χ1v) is 6.12. The lowest BCUT2D eigenvalue weighted by molar-refractivity contribution is -0.387. The lowest BCUT2D eigenvalue weighted by atomic mass is 10.2. The number of ether oxygens (including phenoxy) is 1. The predicted octanol–water partition coefficient (Wildman–Crippen LogP) is 1.05. The van der Waals surface area contributed by atoms with E-state index in [9.17, 15) is 19.3 Å². The number of morpholine rings is 1. The number of halogens is 1. The number of benzene rings is 1. The number of rotatable bonds is 4. The second-order valence-electron chi connectivity index (χ2n) is 4.37. The van der Waals surface area contributed by atoms with Gasteiger partial charge in [-0.25, -0.2) is 0 Å². The van der Waals surface area contributed by atoms with Crippen molar-refractivity contribution in [2.75, 3.05) is 25.0 Å². The SMILES string of the molecule is O=C(CC1CNCCO1)Nc1ccc(F)c([N+](=O)[O-])c1. The second kappa shape index (κ2) is 6.40. The molecular formula is C12H14FN3O4. The van der Waals surface area contributed by atoms with E-state index in [1.54, 1.807) is 0 Å². The van der Waals surface area contributed by atoms with Gasteiger partial charge >= 0.3 is 5.69 Å². The first-order chi connectivity index (χ1) is 9.56. The lowest BCUT2D eigenvalue weighted by Crippen LogP contribution is -2.40. The minimum Gasteiger partial charge on any atom is -0.375 e. The lowest BCUT2D eigenvalue weighted by Gasteiger charge is -2.23. The molecule has 0 aromatic heterocycles. The molecule has 0 radical (unpaired) electrons. The van der Waals surface area contributed by atoms with Crippen LogP contribution in [-0.4, -0.2) is 36.6 Å². The molecular weight excluding hydrogens is 269 g/mol. The standard InChI is InChI=1S/C12H14FN3O4/c13-10-2-1-8(5-11(10)16(18)19)15-12(17)6-9-7-14-3-4-20-9/h1-2,5,9,14H,3-4,6-7H2,(H,15,17). The van der Waals surface area contributed by atoms with Crippen molar-refractivity contribution in [3.63, 3.8) is 0 Å². The highest BCUT2D eigenvalue weighted by Gasteiger charge is 2.19. The molecule has 0 saturated carbocycles. The molecule has 2 rings (SSSR count). The minimum absolute atomic E-state index is 0.137. The molecule has 0 bridgehead atoms. The molecule has 8 heteroatoms. The Morgan fingerprint density at radius 2 is 2.40 bits per heavy atom. The number of hydrogen-bond donors (Lipinski definition) is 2. The van der Waals surface area contributed by atoms with Crippen LogP contribution in [0.4, 0.5) is 15.8 Å². The Morgan fingerprint density at radius 1 is 1.60 bits per heavy atom. The number of carbonyl (C=O) groups is 1. The van der Waals surface area contributed by atoms with Crippen molar-refractivity contribution in [1.29, 1.82) is 0 Å². The summed E-state index contributed by atoms with van der Waals surface area (Å²) in [5.74, 6) is -1.27. The summed E-state index contributed by atoms with van der Waals surface area (Å²) in [6.45, 7) is 1.87. The van der Waals surface area contributed by atoms with E-state index in [-0.39, 0.29) is 24.1 Å². The van der Waals surface area contributed by atoms with E-state index in [0.717, 1.165) is 18.7 Å². The average molecular weight is 283 g/mol. The highest BCUT2D eigenvalue weighted by atomic mass is 19.1. The van der Waals surface area contributed by atoms with Crippen LogP contribution in [-0.2, 0) is 9.53 Å². The van der Waals surface area contributed by atoms with E-state index in [2.05, 4.69) is 10.6 Å². The number of hydrogen-bond acceptors (Lipinski definition) is 5. The van der Waals surface area contributed by atoms with E-state index < -0.39 is 16.4 Å². The number of carbonyl (C=O) groups excluding carboxylic acids is 1. The third-order valence-electron chi connectivity index (χ3n) is 2.84. The fourth-order valence-electron chi connectivity index (χ4n) is 1.90. The van der Waals surface area contributed by atoms with E-state index in [4.69, 9.17) is 4.74 Å². The summed E-state index contributed by atoms with van der Waals surface area (Å²) >= 11 is 0. The van der Waals surface area contributed by atoms with Gasteiger partial charge in [-0.1, -0.05) is 0 Å². The zero-order valence-electron chi connectivity index (χ0n) is 10.6. The van der Waals surface area contributed by atoms with Gasteiger partial charge in [0.05, 0.1) is 24.1 Å². The maximum absolute atomic E-state index is 13.1. The molecule has 1 aromatic carbocycles. The van der Waals surface area contributed by atoms with Crippen molar-refractivity contribution in [2.24, 2.45) is 0 Å². The molecule has 1 fully saturated rings. The summed E-state index contributed by atoms with van der Waals surface area (Å²) in [4.78, 5) is 21.5.